The molecular weight excluding hydrogens is 349 g/mol. The molecule has 2 rings (SSSR count). The largest absolute Gasteiger partial charge is 0.469 e. The maximum Gasteiger partial charge on any atom is 0.405 e. The summed E-state index contributed by atoms with van der Waals surface area (Å²) in [6, 6.07) is 9.65. The molecule has 140 valence electrons. The molecule has 0 radical (unpaired) electrons. The number of furan rings is 1. The Kier molecular flexibility index (Phi) is 6.43. The van der Waals surface area contributed by atoms with Crippen molar-refractivity contribution in [3.8, 4) is 0 Å². The van der Waals surface area contributed by atoms with Crippen molar-refractivity contribution in [1.82, 2.24) is 10.2 Å². The Labute approximate surface area is 148 Å². The monoisotopic (exact) mass is 368 g/mol. The third-order valence-corrected chi connectivity index (χ3v) is 3.68. The number of amides is 2. The van der Waals surface area contributed by atoms with Crippen LogP contribution in [0.25, 0.3) is 0 Å². The quantitative estimate of drug-likeness (QED) is 0.817. The SMILES string of the molecule is CN(Cc1ccc(C(=O)NCC(F)(F)F)cc1)C(=O)CCc1ccco1. The van der Waals surface area contributed by atoms with Crippen molar-refractivity contribution in [2.75, 3.05) is 13.6 Å². The van der Waals surface area contributed by atoms with Crippen LogP contribution >= 0.6 is 0 Å². The fourth-order valence-electron chi connectivity index (χ4n) is 2.28. The molecule has 0 bridgehead atoms. The van der Waals surface area contributed by atoms with Crippen LogP contribution in [0.3, 0.4) is 0 Å². The number of hydrogen-bond donors (Lipinski definition) is 1. The molecule has 2 amide bonds. The van der Waals surface area contributed by atoms with Crippen molar-refractivity contribution in [2.24, 2.45) is 0 Å². The lowest BCUT2D eigenvalue weighted by Gasteiger charge is -2.17. The summed E-state index contributed by atoms with van der Waals surface area (Å²) in [5.41, 5.74) is 0.899. The number of alkyl halides is 3. The van der Waals surface area contributed by atoms with Crippen molar-refractivity contribution >= 4 is 11.8 Å². The smallest absolute Gasteiger partial charge is 0.405 e. The molecule has 0 aliphatic carbocycles. The predicted octanol–water partition coefficient (Wildman–Crippen LogP) is 3.16. The van der Waals surface area contributed by atoms with Crippen LogP contribution in [0.15, 0.2) is 47.1 Å². The number of nitrogens with one attached hydrogen (secondary N) is 1. The van der Waals surface area contributed by atoms with E-state index in [2.05, 4.69) is 0 Å². The molecule has 1 aromatic carbocycles. The lowest BCUT2D eigenvalue weighted by Crippen LogP contribution is -2.33. The lowest BCUT2D eigenvalue weighted by molar-refractivity contribution is -0.130. The number of nitrogens with zero attached hydrogens (tertiary/aromatic N) is 1. The van der Waals surface area contributed by atoms with Gasteiger partial charge in [-0.15, -0.1) is 0 Å². The molecule has 8 heteroatoms. The second-order valence-electron chi connectivity index (χ2n) is 5.82. The lowest BCUT2D eigenvalue weighted by atomic mass is 10.1. The zero-order valence-corrected chi connectivity index (χ0v) is 14.2. The number of carbonyl (C=O) groups is 2. The van der Waals surface area contributed by atoms with Crippen LogP contribution in [0.4, 0.5) is 13.2 Å². The van der Waals surface area contributed by atoms with E-state index < -0.39 is 18.6 Å². The number of aryl methyl sites for hydroxylation is 1. The molecule has 0 saturated carbocycles. The molecule has 1 heterocycles. The fraction of sp³-hybridized carbons (Fsp3) is 0.333. The maximum absolute atomic E-state index is 12.1. The molecular formula is C18H19F3N2O3. The summed E-state index contributed by atoms with van der Waals surface area (Å²) in [6.45, 7) is -1.04. The second-order valence-corrected chi connectivity index (χ2v) is 5.82. The van der Waals surface area contributed by atoms with E-state index in [0.29, 0.717) is 19.4 Å². The zero-order valence-electron chi connectivity index (χ0n) is 14.2. The van der Waals surface area contributed by atoms with Gasteiger partial charge in [-0.2, -0.15) is 13.2 Å². The van der Waals surface area contributed by atoms with Gasteiger partial charge in [-0.25, -0.2) is 0 Å². The summed E-state index contributed by atoms with van der Waals surface area (Å²) in [6.07, 6.45) is -2.08. The van der Waals surface area contributed by atoms with Gasteiger partial charge in [0.2, 0.25) is 5.91 Å². The van der Waals surface area contributed by atoms with E-state index in [4.69, 9.17) is 4.42 Å². The standard InChI is InChI=1S/C18H19F3N2O3/c1-23(16(24)9-8-15-3-2-10-26-15)11-13-4-6-14(7-5-13)17(25)22-12-18(19,20)21/h2-7,10H,8-9,11-12H2,1H3,(H,22,25). The molecule has 1 aromatic heterocycles. The van der Waals surface area contributed by atoms with E-state index >= 15 is 0 Å². The zero-order chi connectivity index (χ0) is 19.2. The van der Waals surface area contributed by atoms with Gasteiger partial charge < -0.3 is 14.6 Å². The maximum atomic E-state index is 12.1. The molecule has 0 atom stereocenters. The van der Waals surface area contributed by atoms with Crippen LogP contribution < -0.4 is 5.32 Å². The van der Waals surface area contributed by atoms with Crippen molar-refractivity contribution < 1.29 is 27.2 Å². The van der Waals surface area contributed by atoms with E-state index in [9.17, 15) is 22.8 Å². The highest BCUT2D eigenvalue weighted by atomic mass is 19.4. The van der Waals surface area contributed by atoms with Crippen molar-refractivity contribution in [3.05, 3.63) is 59.5 Å². The minimum atomic E-state index is -4.45. The molecule has 0 fully saturated rings. The average molecular weight is 368 g/mol. The Hall–Kier alpha value is -2.77. The minimum absolute atomic E-state index is 0.0617. The highest BCUT2D eigenvalue weighted by Crippen LogP contribution is 2.13. The Bertz CT molecular complexity index is 725. The van der Waals surface area contributed by atoms with Gasteiger partial charge in [0.25, 0.3) is 5.91 Å². The van der Waals surface area contributed by atoms with Gasteiger partial charge in [0, 0.05) is 32.0 Å². The van der Waals surface area contributed by atoms with Gasteiger partial charge in [0.1, 0.15) is 12.3 Å². The van der Waals surface area contributed by atoms with Crippen molar-refractivity contribution in [1.29, 1.82) is 0 Å². The summed E-state index contributed by atoms with van der Waals surface area (Å²) >= 11 is 0. The predicted molar refractivity (Wildman–Crippen MR) is 88.3 cm³/mol. The summed E-state index contributed by atoms with van der Waals surface area (Å²) in [5, 5.41) is 1.81. The fourth-order valence-corrected chi connectivity index (χ4v) is 2.28. The highest BCUT2D eigenvalue weighted by Gasteiger charge is 2.27. The van der Waals surface area contributed by atoms with Crippen LogP contribution in [-0.4, -0.2) is 36.5 Å². The van der Waals surface area contributed by atoms with E-state index in [1.165, 1.54) is 12.1 Å². The van der Waals surface area contributed by atoms with Crippen molar-refractivity contribution in [2.45, 2.75) is 25.6 Å². The van der Waals surface area contributed by atoms with Crippen LogP contribution in [-0.2, 0) is 17.8 Å². The average Bonchev–Trinajstić information content (AvgIpc) is 3.11. The Morgan fingerprint density at radius 3 is 2.42 bits per heavy atom. The Balaban J connectivity index is 1.83. The molecule has 0 unspecified atom stereocenters. The number of rotatable bonds is 7. The van der Waals surface area contributed by atoms with E-state index in [1.807, 2.05) is 5.32 Å². The topological polar surface area (TPSA) is 62.6 Å². The molecule has 0 spiro atoms. The van der Waals surface area contributed by atoms with Gasteiger partial charge in [-0.3, -0.25) is 9.59 Å². The normalized spacial score (nSPS) is 11.2. The molecule has 0 aliphatic heterocycles. The van der Waals surface area contributed by atoms with Gasteiger partial charge in [0.15, 0.2) is 0 Å². The van der Waals surface area contributed by atoms with Crippen LogP contribution in [0, 0.1) is 0 Å². The summed E-state index contributed by atoms with van der Waals surface area (Å²) in [5.74, 6) is -0.119. The number of halogens is 3. The first-order valence-electron chi connectivity index (χ1n) is 7.95. The van der Waals surface area contributed by atoms with Crippen LogP contribution in [0.5, 0.6) is 0 Å². The summed E-state index contributed by atoms with van der Waals surface area (Å²) in [4.78, 5) is 25.3. The molecule has 1 N–H and O–H groups in total. The first-order valence-corrected chi connectivity index (χ1v) is 7.95. The summed E-state index contributed by atoms with van der Waals surface area (Å²) < 4.78 is 41.5. The third kappa shape index (κ3) is 6.27. The molecule has 0 saturated heterocycles. The summed E-state index contributed by atoms with van der Waals surface area (Å²) in [7, 11) is 1.66. The van der Waals surface area contributed by atoms with Gasteiger partial charge >= 0.3 is 6.18 Å². The number of carbonyl (C=O) groups excluding carboxylic acids is 2. The van der Waals surface area contributed by atoms with Crippen LogP contribution in [0.1, 0.15) is 28.1 Å². The first kappa shape index (κ1) is 19.6. The minimum Gasteiger partial charge on any atom is -0.469 e. The van der Waals surface area contributed by atoms with E-state index in [0.717, 1.165) is 11.3 Å². The van der Waals surface area contributed by atoms with Crippen molar-refractivity contribution in [3.63, 3.8) is 0 Å². The highest BCUT2D eigenvalue weighted by molar-refractivity contribution is 5.94. The van der Waals surface area contributed by atoms with E-state index in [-0.39, 0.29) is 11.5 Å². The molecule has 0 aliphatic rings. The first-order chi connectivity index (χ1) is 12.2. The Morgan fingerprint density at radius 1 is 1.15 bits per heavy atom. The Morgan fingerprint density at radius 2 is 1.85 bits per heavy atom. The number of benzene rings is 1. The second kappa shape index (κ2) is 8.55. The molecule has 5 nitrogen and oxygen atoms in total. The molecule has 2 aromatic rings. The number of hydrogen-bond acceptors (Lipinski definition) is 3. The van der Waals surface area contributed by atoms with Crippen LogP contribution in [0.2, 0.25) is 0 Å². The van der Waals surface area contributed by atoms with Gasteiger partial charge in [-0.1, -0.05) is 12.1 Å². The van der Waals surface area contributed by atoms with Gasteiger partial charge in [0.05, 0.1) is 6.26 Å². The third-order valence-electron chi connectivity index (χ3n) is 3.68. The van der Waals surface area contributed by atoms with E-state index in [1.54, 1.807) is 42.5 Å². The molecule has 26 heavy (non-hydrogen) atoms. The van der Waals surface area contributed by atoms with Gasteiger partial charge in [-0.05, 0) is 29.8 Å².